The van der Waals surface area contributed by atoms with Gasteiger partial charge in [0.05, 0.1) is 0 Å². The Labute approximate surface area is 144 Å². The number of amides is 1. The van der Waals surface area contributed by atoms with Gasteiger partial charge in [0.25, 0.3) is 0 Å². The first-order valence-corrected chi connectivity index (χ1v) is 7.92. The van der Waals surface area contributed by atoms with E-state index >= 15 is 0 Å². The standard InChI is InChI=1S/C19H27NO4/c1-7-19(5,6)23-16(21)15(13-14-11-9-8-10-12-14)20-17(22)24-18(2,3)4/h7-12,15H,1,13H2,2-6H3,(H,20,22)/t15-/m0/s1. The molecule has 1 rings (SSSR count). The molecule has 1 atom stereocenters. The molecule has 132 valence electrons. The van der Waals surface area contributed by atoms with Gasteiger partial charge in [-0.1, -0.05) is 36.9 Å². The van der Waals surface area contributed by atoms with Crippen molar-refractivity contribution in [2.24, 2.45) is 0 Å². The summed E-state index contributed by atoms with van der Waals surface area (Å²) in [4.78, 5) is 24.5. The Hall–Kier alpha value is -2.30. The topological polar surface area (TPSA) is 64.6 Å². The number of esters is 1. The van der Waals surface area contributed by atoms with E-state index in [-0.39, 0.29) is 0 Å². The molecule has 0 saturated heterocycles. The normalized spacial score (nSPS) is 12.9. The number of rotatable bonds is 6. The zero-order valence-electron chi connectivity index (χ0n) is 15.1. The number of hydrogen-bond donors (Lipinski definition) is 1. The quantitative estimate of drug-likeness (QED) is 0.638. The molecule has 0 saturated carbocycles. The highest BCUT2D eigenvalue weighted by atomic mass is 16.6. The average molecular weight is 333 g/mol. The van der Waals surface area contributed by atoms with E-state index < -0.39 is 29.3 Å². The van der Waals surface area contributed by atoms with Crippen molar-refractivity contribution in [2.45, 2.75) is 58.3 Å². The number of hydrogen-bond acceptors (Lipinski definition) is 4. The first kappa shape index (κ1) is 19.7. The van der Waals surface area contributed by atoms with Gasteiger partial charge in [0.1, 0.15) is 17.2 Å². The molecule has 0 aliphatic carbocycles. The molecule has 0 aromatic heterocycles. The smallest absolute Gasteiger partial charge is 0.408 e. The molecule has 0 spiro atoms. The van der Waals surface area contributed by atoms with Crippen LogP contribution < -0.4 is 5.32 Å². The molecule has 0 radical (unpaired) electrons. The van der Waals surface area contributed by atoms with E-state index in [1.54, 1.807) is 34.6 Å². The molecule has 0 fully saturated rings. The summed E-state index contributed by atoms with van der Waals surface area (Å²) >= 11 is 0. The van der Waals surface area contributed by atoms with Crippen LogP contribution in [-0.2, 0) is 20.7 Å². The van der Waals surface area contributed by atoms with E-state index in [0.29, 0.717) is 6.42 Å². The fraction of sp³-hybridized carbons (Fsp3) is 0.474. The van der Waals surface area contributed by atoms with Gasteiger partial charge in [-0.25, -0.2) is 9.59 Å². The molecule has 1 amide bonds. The van der Waals surface area contributed by atoms with E-state index in [9.17, 15) is 9.59 Å². The monoisotopic (exact) mass is 333 g/mol. The predicted octanol–water partition coefficient (Wildman–Crippen LogP) is 3.63. The van der Waals surface area contributed by atoms with Crippen molar-refractivity contribution in [2.75, 3.05) is 0 Å². The maximum absolute atomic E-state index is 12.5. The molecule has 5 nitrogen and oxygen atoms in total. The largest absolute Gasteiger partial charge is 0.454 e. The van der Waals surface area contributed by atoms with Crippen LogP contribution in [0.3, 0.4) is 0 Å². The third kappa shape index (κ3) is 7.31. The average Bonchev–Trinajstić information content (AvgIpc) is 2.45. The van der Waals surface area contributed by atoms with Crippen LogP contribution in [0.15, 0.2) is 43.0 Å². The fourth-order valence-corrected chi connectivity index (χ4v) is 1.86. The summed E-state index contributed by atoms with van der Waals surface area (Å²) in [5.41, 5.74) is -0.556. The SMILES string of the molecule is C=CC(C)(C)OC(=O)[C@H](Cc1ccccc1)NC(=O)OC(C)(C)C. The highest BCUT2D eigenvalue weighted by Gasteiger charge is 2.29. The molecule has 0 bridgehead atoms. The first-order chi connectivity index (χ1) is 11.0. The highest BCUT2D eigenvalue weighted by molar-refractivity contribution is 5.82. The van der Waals surface area contributed by atoms with Gasteiger partial charge in [-0.3, -0.25) is 0 Å². The van der Waals surface area contributed by atoms with Crippen LogP contribution in [-0.4, -0.2) is 29.3 Å². The van der Waals surface area contributed by atoms with Gasteiger partial charge < -0.3 is 14.8 Å². The van der Waals surface area contributed by atoms with Gasteiger partial charge in [0, 0.05) is 6.42 Å². The van der Waals surface area contributed by atoms with Gasteiger partial charge in [-0.05, 0) is 46.3 Å². The Bertz CT molecular complexity index is 573. The summed E-state index contributed by atoms with van der Waals surface area (Å²) < 4.78 is 10.7. The number of ether oxygens (including phenoxy) is 2. The van der Waals surface area contributed by atoms with Crippen molar-refractivity contribution in [1.82, 2.24) is 5.32 Å². The third-order valence-corrected chi connectivity index (χ3v) is 3.11. The lowest BCUT2D eigenvalue weighted by atomic mass is 10.1. The minimum atomic E-state index is -0.846. The van der Waals surface area contributed by atoms with Crippen LogP contribution in [0, 0.1) is 0 Å². The first-order valence-electron chi connectivity index (χ1n) is 7.92. The molecule has 0 unspecified atom stereocenters. The molecule has 1 aromatic carbocycles. The maximum Gasteiger partial charge on any atom is 0.408 e. The van der Waals surface area contributed by atoms with Crippen molar-refractivity contribution in [1.29, 1.82) is 0 Å². The van der Waals surface area contributed by atoms with E-state index in [0.717, 1.165) is 5.56 Å². The predicted molar refractivity (Wildman–Crippen MR) is 93.7 cm³/mol. The van der Waals surface area contributed by atoms with Gasteiger partial charge in [0.2, 0.25) is 0 Å². The van der Waals surface area contributed by atoms with Crippen molar-refractivity contribution >= 4 is 12.1 Å². The third-order valence-electron chi connectivity index (χ3n) is 3.11. The second kappa shape index (κ2) is 7.99. The summed E-state index contributed by atoms with van der Waals surface area (Å²) in [5, 5.41) is 2.60. The summed E-state index contributed by atoms with van der Waals surface area (Å²) in [6.07, 6.45) is 1.20. The van der Waals surface area contributed by atoms with E-state index in [2.05, 4.69) is 11.9 Å². The molecular formula is C19H27NO4. The molecule has 5 heteroatoms. The Kier molecular flexibility index (Phi) is 6.58. The van der Waals surface area contributed by atoms with Crippen LogP contribution >= 0.6 is 0 Å². The minimum absolute atomic E-state index is 0.312. The van der Waals surface area contributed by atoms with Crippen LogP contribution in [0.5, 0.6) is 0 Å². The van der Waals surface area contributed by atoms with Crippen LogP contribution in [0.4, 0.5) is 4.79 Å². The van der Waals surface area contributed by atoms with Crippen molar-refractivity contribution < 1.29 is 19.1 Å². The van der Waals surface area contributed by atoms with Crippen molar-refractivity contribution in [3.63, 3.8) is 0 Å². The lowest BCUT2D eigenvalue weighted by Crippen LogP contribution is -2.47. The van der Waals surface area contributed by atoms with Crippen LogP contribution in [0.1, 0.15) is 40.2 Å². The summed E-state index contributed by atoms with van der Waals surface area (Å²) in [6.45, 7) is 12.4. The summed E-state index contributed by atoms with van der Waals surface area (Å²) in [5.74, 6) is -0.533. The zero-order chi connectivity index (χ0) is 18.4. The second-order valence-electron chi connectivity index (χ2n) is 7.12. The summed E-state index contributed by atoms with van der Waals surface area (Å²) in [6, 6.07) is 8.56. The number of nitrogens with one attached hydrogen (secondary N) is 1. The molecule has 0 heterocycles. The van der Waals surface area contributed by atoms with Gasteiger partial charge in [0.15, 0.2) is 0 Å². The van der Waals surface area contributed by atoms with Gasteiger partial charge >= 0.3 is 12.1 Å². The second-order valence-corrected chi connectivity index (χ2v) is 7.12. The number of carbonyl (C=O) groups is 2. The Morgan fingerprint density at radius 3 is 2.21 bits per heavy atom. The Balaban J connectivity index is 2.88. The zero-order valence-corrected chi connectivity index (χ0v) is 15.1. The highest BCUT2D eigenvalue weighted by Crippen LogP contribution is 2.14. The Morgan fingerprint density at radius 1 is 1.12 bits per heavy atom. The molecule has 0 aliphatic heterocycles. The molecule has 0 aliphatic rings. The number of alkyl carbamates (subject to hydrolysis) is 1. The molecule has 1 N–H and O–H groups in total. The summed E-state index contributed by atoms with van der Waals surface area (Å²) in [7, 11) is 0. The Morgan fingerprint density at radius 2 is 1.71 bits per heavy atom. The van der Waals surface area contributed by atoms with Crippen LogP contribution in [0.2, 0.25) is 0 Å². The minimum Gasteiger partial charge on any atom is -0.454 e. The van der Waals surface area contributed by atoms with E-state index in [1.807, 2.05) is 30.3 Å². The van der Waals surface area contributed by atoms with E-state index in [1.165, 1.54) is 6.08 Å². The fourth-order valence-electron chi connectivity index (χ4n) is 1.86. The van der Waals surface area contributed by atoms with E-state index in [4.69, 9.17) is 9.47 Å². The van der Waals surface area contributed by atoms with Gasteiger partial charge in [-0.15, -0.1) is 0 Å². The lowest BCUT2D eigenvalue weighted by Gasteiger charge is -2.26. The maximum atomic E-state index is 12.5. The van der Waals surface area contributed by atoms with Crippen LogP contribution in [0.25, 0.3) is 0 Å². The lowest BCUT2D eigenvalue weighted by molar-refractivity contribution is -0.155. The molecule has 24 heavy (non-hydrogen) atoms. The van der Waals surface area contributed by atoms with Crippen molar-refractivity contribution in [3.05, 3.63) is 48.6 Å². The molecule has 1 aromatic rings. The number of benzene rings is 1. The number of carbonyl (C=O) groups excluding carboxylic acids is 2. The molecular weight excluding hydrogens is 306 g/mol. The van der Waals surface area contributed by atoms with Crippen molar-refractivity contribution in [3.8, 4) is 0 Å². The van der Waals surface area contributed by atoms with Gasteiger partial charge in [-0.2, -0.15) is 0 Å².